The number of hydrogen-bond donors (Lipinski definition) is 2. The van der Waals surface area contributed by atoms with Crippen molar-refractivity contribution in [2.24, 2.45) is 5.92 Å². The smallest absolute Gasteiger partial charge is 0.259 e. The monoisotopic (exact) mass is 374 g/mol. The number of amides is 2. The zero-order chi connectivity index (χ0) is 19.9. The molecule has 0 spiro atoms. The van der Waals surface area contributed by atoms with E-state index in [2.05, 4.69) is 5.32 Å². The number of benzene rings is 2. The molecule has 0 bridgehead atoms. The van der Waals surface area contributed by atoms with Gasteiger partial charge < -0.3 is 10.2 Å². The van der Waals surface area contributed by atoms with Gasteiger partial charge in [-0.2, -0.15) is 0 Å². The molecule has 2 aromatic rings. The first-order valence-corrected chi connectivity index (χ1v) is 9.50. The van der Waals surface area contributed by atoms with Gasteiger partial charge in [-0.3, -0.25) is 19.9 Å². The van der Waals surface area contributed by atoms with Gasteiger partial charge in [-0.1, -0.05) is 47.9 Å². The molecule has 142 valence electrons. The third-order valence-corrected chi connectivity index (χ3v) is 5.62. The molecule has 2 saturated heterocycles. The average molecular weight is 374 g/mol. The second-order valence-corrected chi connectivity index (χ2v) is 7.79. The first-order chi connectivity index (χ1) is 13.4. The van der Waals surface area contributed by atoms with E-state index < -0.39 is 5.54 Å². The van der Waals surface area contributed by atoms with Crippen LogP contribution in [-0.4, -0.2) is 43.6 Å². The number of guanidine groups is 1. The number of hydrogen-bond acceptors (Lipinski definition) is 3. The average Bonchev–Trinajstić information content (AvgIpc) is 3.15. The molecule has 2 heterocycles. The van der Waals surface area contributed by atoms with Crippen molar-refractivity contribution in [1.82, 2.24) is 10.2 Å². The van der Waals surface area contributed by atoms with Crippen LogP contribution in [0.3, 0.4) is 0 Å². The number of nitrogens with zero attached hydrogens (tertiary/aromatic N) is 2. The molecular formula is C21H23BN4O2. The Balaban J connectivity index is 1.51. The number of para-hydroxylation sites is 1. The lowest BCUT2D eigenvalue weighted by Gasteiger charge is -2.24. The van der Waals surface area contributed by atoms with E-state index in [1.54, 1.807) is 4.90 Å². The molecule has 2 amide bonds. The van der Waals surface area contributed by atoms with E-state index in [1.807, 2.05) is 69.4 Å². The van der Waals surface area contributed by atoms with Crippen molar-refractivity contribution in [3.8, 4) is 0 Å². The van der Waals surface area contributed by atoms with Crippen molar-refractivity contribution in [3.05, 3.63) is 60.2 Å². The van der Waals surface area contributed by atoms with Crippen LogP contribution < -0.4 is 15.7 Å². The Labute approximate surface area is 165 Å². The maximum absolute atomic E-state index is 13.2. The lowest BCUT2D eigenvalue weighted by molar-refractivity contribution is -0.131. The van der Waals surface area contributed by atoms with Crippen molar-refractivity contribution in [2.45, 2.75) is 18.9 Å². The fourth-order valence-electron chi connectivity index (χ4n) is 4.07. The molecule has 0 aromatic heterocycles. The third kappa shape index (κ3) is 3.07. The van der Waals surface area contributed by atoms with E-state index >= 15 is 0 Å². The third-order valence-electron chi connectivity index (χ3n) is 5.62. The van der Waals surface area contributed by atoms with Gasteiger partial charge in [-0.25, -0.2) is 0 Å². The molecule has 2 fully saturated rings. The van der Waals surface area contributed by atoms with Crippen LogP contribution in [-0.2, 0) is 15.1 Å². The minimum atomic E-state index is -0.954. The minimum Gasteiger partial charge on any atom is -0.338 e. The van der Waals surface area contributed by atoms with Gasteiger partial charge in [0.2, 0.25) is 5.91 Å². The van der Waals surface area contributed by atoms with E-state index in [1.165, 1.54) is 4.90 Å². The minimum absolute atomic E-state index is 0.00124. The topological polar surface area (TPSA) is 76.5 Å². The normalized spacial score (nSPS) is 24.8. The summed E-state index contributed by atoms with van der Waals surface area (Å²) in [5.41, 5.74) is 1.84. The molecule has 28 heavy (non-hydrogen) atoms. The van der Waals surface area contributed by atoms with Gasteiger partial charge in [0.25, 0.3) is 5.91 Å². The van der Waals surface area contributed by atoms with Gasteiger partial charge in [-0.05, 0) is 24.6 Å². The van der Waals surface area contributed by atoms with Crippen LogP contribution in [0.15, 0.2) is 54.6 Å². The maximum atomic E-state index is 13.2. The summed E-state index contributed by atoms with van der Waals surface area (Å²) in [6.07, 6.45) is 0.382. The molecular weight excluding hydrogens is 351 g/mol. The molecule has 2 aliphatic heterocycles. The number of carbonyl (C=O) groups excluding carboxylic acids is 2. The molecule has 0 aliphatic carbocycles. The van der Waals surface area contributed by atoms with Crippen molar-refractivity contribution in [2.75, 3.05) is 18.0 Å². The second-order valence-electron chi connectivity index (χ2n) is 7.79. The quantitative estimate of drug-likeness (QED) is 0.769. The van der Waals surface area contributed by atoms with Crippen molar-refractivity contribution < 1.29 is 9.59 Å². The Morgan fingerprint density at radius 1 is 1.18 bits per heavy atom. The fraction of sp³-hybridized carbons (Fsp3) is 0.286. The van der Waals surface area contributed by atoms with Crippen LogP contribution in [0.1, 0.15) is 18.9 Å². The first kappa shape index (κ1) is 18.3. The number of rotatable bonds is 4. The lowest BCUT2D eigenvalue weighted by atomic mass is 9.86. The second kappa shape index (κ2) is 6.82. The van der Waals surface area contributed by atoms with Gasteiger partial charge in [0.05, 0.1) is 0 Å². The number of nitrogens with one attached hydrogen (secondary N) is 2. The summed E-state index contributed by atoms with van der Waals surface area (Å²) < 4.78 is 0. The molecule has 2 unspecified atom stereocenters. The fourth-order valence-corrected chi connectivity index (χ4v) is 4.07. The summed E-state index contributed by atoms with van der Waals surface area (Å²) >= 11 is 0. The predicted molar refractivity (Wildman–Crippen MR) is 111 cm³/mol. The highest BCUT2D eigenvalue weighted by Crippen LogP contribution is 2.31. The van der Waals surface area contributed by atoms with E-state index in [0.29, 0.717) is 19.5 Å². The molecule has 6 nitrogen and oxygen atoms in total. The van der Waals surface area contributed by atoms with Crippen LogP contribution in [0.4, 0.5) is 5.69 Å². The predicted octanol–water partition coefficient (Wildman–Crippen LogP) is 0.580. The van der Waals surface area contributed by atoms with Crippen LogP contribution in [0, 0.1) is 11.3 Å². The van der Waals surface area contributed by atoms with Gasteiger partial charge in [0, 0.05) is 31.1 Å². The number of carbonyl (C=O) groups is 2. The molecule has 4 rings (SSSR count). The Morgan fingerprint density at radius 3 is 2.64 bits per heavy atom. The van der Waals surface area contributed by atoms with Crippen molar-refractivity contribution in [3.63, 3.8) is 0 Å². The van der Waals surface area contributed by atoms with Crippen LogP contribution in [0.25, 0.3) is 0 Å². The summed E-state index contributed by atoms with van der Waals surface area (Å²) in [6.45, 7) is 2.73. The molecule has 2 aromatic carbocycles. The Hall–Kier alpha value is -3.09. The highest BCUT2D eigenvalue weighted by Gasteiger charge is 2.48. The summed E-state index contributed by atoms with van der Waals surface area (Å²) in [6, 6.07) is 17.4. The van der Waals surface area contributed by atoms with Gasteiger partial charge >= 0.3 is 0 Å². The van der Waals surface area contributed by atoms with Gasteiger partial charge in [0.1, 0.15) is 13.4 Å². The Morgan fingerprint density at radius 2 is 1.93 bits per heavy atom. The standard InChI is InChI=1S/C21H23BN4O2/c1-21(15-6-5-7-16(22)11-15)19(28)26(20(23)24-21)13-14-10-18(27)25(12-14)17-8-3-2-4-9-17/h2-9,11,14H,10,12-13,22H2,1H3,(H2,23,24). The van der Waals surface area contributed by atoms with E-state index in [0.717, 1.165) is 16.7 Å². The Kier molecular flexibility index (Phi) is 4.45. The Bertz CT molecular complexity index is 948. The van der Waals surface area contributed by atoms with Crippen LogP contribution in [0.2, 0.25) is 0 Å². The zero-order valence-electron chi connectivity index (χ0n) is 16.1. The number of anilines is 1. The van der Waals surface area contributed by atoms with Gasteiger partial charge in [0.15, 0.2) is 5.96 Å². The van der Waals surface area contributed by atoms with Crippen LogP contribution >= 0.6 is 0 Å². The molecule has 0 radical (unpaired) electrons. The molecule has 2 N–H and O–H groups in total. The van der Waals surface area contributed by atoms with E-state index in [-0.39, 0.29) is 23.7 Å². The summed E-state index contributed by atoms with van der Waals surface area (Å²) in [5.74, 6) is 0.00998. The summed E-state index contributed by atoms with van der Waals surface area (Å²) in [4.78, 5) is 28.9. The summed E-state index contributed by atoms with van der Waals surface area (Å²) in [7, 11) is 1.98. The summed E-state index contributed by atoms with van der Waals surface area (Å²) in [5, 5.41) is 11.4. The first-order valence-electron chi connectivity index (χ1n) is 9.50. The highest BCUT2D eigenvalue weighted by atomic mass is 16.2. The molecule has 7 heteroatoms. The van der Waals surface area contributed by atoms with Crippen LogP contribution in [0.5, 0.6) is 0 Å². The lowest BCUT2D eigenvalue weighted by Crippen LogP contribution is -2.42. The highest BCUT2D eigenvalue weighted by molar-refractivity contribution is 6.32. The van der Waals surface area contributed by atoms with Crippen molar-refractivity contribution in [1.29, 1.82) is 5.41 Å². The van der Waals surface area contributed by atoms with Crippen molar-refractivity contribution >= 4 is 36.8 Å². The van der Waals surface area contributed by atoms with E-state index in [9.17, 15) is 9.59 Å². The van der Waals surface area contributed by atoms with Gasteiger partial charge in [-0.15, -0.1) is 0 Å². The molecule has 2 atom stereocenters. The zero-order valence-corrected chi connectivity index (χ0v) is 16.1. The molecule has 0 saturated carbocycles. The molecule has 2 aliphatic rings. The van der Waals surface area contributed by atoms with E-state index in [4.69, 9.17) is 5.41 Å². The SMILES string of the molecule is Bc1cccc(C2(C)NC(=N)N(CC3CC(=O)N(c4ccccc4)C3)C2=O)c1. The maximum Gasteiger partial charge on any atom is 0.259 e. The largest absolute Gasteiger partial charge is 0.338 e.